The molecule has 1 aliphatic heterocycles. The molecular weight excluding hydrogens is 270 g/mol. The lowest BCUT2D eigenvalue weighted by Gasteiger charge is -2.22. The fourth-order valence-electron chi connectivity index (χ4n) is 1.71. The van der Waals surface area contributed by atoms with Crippen molar-refractivity contribution in [1.82, 2.24) is 4.90 Å². The summed E-state index contributed by atoms with van der Waals surface area (Å²) in [7, 11) is 2.08. The highest BCUT2D eigenvalue weighted by molar-refractivity contribution is 5.85. The minimum atomic E-state index is -0.438. The average molecular weight is 286 g/mol. The maximum atomic E-state index is 10.5. The Morgan fingerprint density at radius 2 is 1.84 bits per heavy atom. The Kier molecular flexibility index (Phi) is 5.72. The Bertz CT molecular complexity index is 452. The normalized spacial score (nSPS) is 15.5. The van der Waals surface area contributed by atoms with Crippen LogP contribution in [0.5, 0.6) is 5.75 Å². The highest BCUT2D eigenvalue weighted by Gasteiger charge is 2.11. The van der Waals surface area contributed by atoms with Crippen LogP contribution in [-0.2, 0) is 0 Å². The van der Waals surface area contributed by atoms with Crippen molar-refractivity contribution in [2.75, 3.05) is 20.1 Å². The van der Waals surface area contributed by atoms with Gasteiger partial charge in [-0.1, -0.05) is 5.16 Å². The Balaban J connectivity index is 0.00000180. The van der Waals surface area contributed by atoms with E-state index in [1.54, 1.807) is 12.1 Å². The Labute approximate surface area is 117 Å². The van der Waals surface area contributed by atoms with Gasteiger partial charge in [0, 0.05) is 38.1 Å². The first-order valence-corrected chi connectivity index (χ1v) is 5.81. The number of rotatable bonds is 3. The SMILES string of the molecule is CN1CCC(=NOc2ccc([N+](=O)[O-])cc2)CC1.Cl. The van der Waals surface area contributed by atoms with Gasteiger partial charge >= 0.3 is 0 Å². The van der Waals surface area contributed by atoms with E-state index in [1.165, 1.54) is 12.1 Å². The third kappa shape index (κ3) is 4.50. The van der Waals surface area contributed by atoms with E-state index in [1.807, 2.05) is 0 Å². The second kappa shape index (κ2) is 7.06. The minimum Gasteiger partial charge on any atom is -0.357 e. The predicted octanol–water partition coefficient (Wildman–Crippen LogP) is 2.48. The van der Waals surface area contributed by atoms with Gasteiger partial charge in [-0.3, -0.25) is 10.1 Å². The molecule has 7 heteroatoms. The van der Waals surface area contributed by atoms with Gasteiger partial charge in [-0.15, -0.1) is 12.4 Å². The third-order valence-corrected chi connectivity index (χ3v) is 2.89. The van der Waals surface area contributed by atoms with Crippen LogP contribution >= 0.6 is 12.4 Å². The monoisotopic (exact) mass is 285 g/mol. The van der Waals surface area contributed by atoms with Crippen LogP contribution in [0.25, 0.3) is 0 Å². The first kappa shape index (κ1) is 15.4. The largest absolute Gasteiger partial charge is 0.357 e. The molecule has 104 valence electrons. The molecule has 1 aliphatic rings. The molecule has 0 unspecified atom stereocenters. The Morgan fingerprint density at radius 3 is 2.37 bits per heavy atom. The molecule has 0 N–H and O–H groups in total. The highest BCUT2D eigenvalue weighted by atomic mass is 35.5. The number of oxime groups is 1. The summed E-state index contributed by atoms with van der Waals surface area (Å²) in [6.07, 6.45) is 1.81. The standard InChI is InChI=1S/C12H15N3O3.ClH/c1-14-8-6-10(7-9-14)13-18-12-4-2-11(3-5-12)15(16)17;/h2-5H,6-9H2,1H3;1H. The molecule has 6 nitrogen and oxygen atoms in total. The maximum Gasteiger partial charge on any atom is 0.269 e. The van der Waals surface area contributed by atoms with Crippen LogP contribution in [0, 0.1) is 10.1 Å². The van der Waals surface area contributed by atoms with Gasteiger partial charge < -0.3 is 9.74 Å². The zero-order valence-electron chi connectivity index (χ0n) is 10.6. The zero-order valence-corrected chi connectivity index (χ0v) is 11.4. The van der Waals surface area contributed by atoms with Gasteiger partial charge in [0.05, 0.1) is 10.6 Å². The quantitative estimate of drug-likeness (QED) is 0.632. The number of halogens is 1. The number of hydrogen-bond acceptors (Lipinski definition) is 5. The molecule has 2 rings (SSSR count). The Morgan fingerprint density at radius 1 is 1.26 bits per heavy atom. The first-order valence-electron chi connectivity index (χ1n) is 5.81. The van der Waals surface area contributed by atoms with Crippen LogP contribution in [0.3, 0.4) is 0 Å². The van der Waals surface area contributed by atoms with Gasteiger partial charge in [-0.05, 0) is 19.2 Å². The van der Waals surface area contributed by atoms with Crippen molar-refractivity contribution < 1.29 is 9.76 Å². The molecule has 1 heterocycles. The molecule has 0 spiro atoms. The predicted molar refractivity (Wildman–Crippen MR) is 75.1 cm³/mol. The molecule has 0 atom stereocenters. The van der Waals surface area contributed by atoms with Crippen molar-refractivity contribution >= 4 is 23.8 Å². The van der Waals surface area contributed by atoms with Crippen LogP contribution in [0.1, 0.15) is 12.8 Å². The summed E-state index contributed by atoms with van der Waals surface area (Å²) in [5, 5.41) is 14.6. The van der Waals surface area contributed by atoms with Crippen LogP contribution in [0.4, 0.5) is 5.69 Å². The number of hydrogen-bond donors (Lipinski definition) is 0. The first-order chi connectivity index (χ1) is 8.65. The molecule has 0 aromatic heterocycles. The summed E-state index contributed by atoms with van der Waals surface area (Å²) in [5.74, 6) is 0.520. The number of nitrogens with zero attached hydrogens (tertiary/aromatic N) is 3. The number of benzene rings is 1. The van der Waals surface area contributed by atoms with Crippen molar-refractivity contribution in [2.45, 2.75) is 12.8 Å². The maximum absolute atomic E-state index is 10.5. The van der Waals surface area contributed by atoms with Crippen molar-refractivity contribution in [3.8, 4) is 5.75 Å². The summed E-state index contributed by atoms with van der Waals surface area (Å²) in [4.78, 5) is 17.5. The van der Waals surface area contributed by atoms with Crippen LogP contribution < -0.4 is 4.84 Å². The summed E-state index contributed by atoms with van der Waals surface area (Å²) in [6.45, 7) is 1.98. The summed E-state index contributed by atoms with van der Waals surface area (Å²) < 4.78 is 0. The van der Waals surface area contributed by atoms with Crippen molar-refractivity contribution in [1.29, 1.82) is 0 Å². The molecule has 19 heavy (non-hydrogen) atoms. The number of likely N-dealkylation sites (tertiary alicyclic amines) is 1. The molecule has 0 aliphatic carbocycles. The third-order valence-electron chi connectivity index (χ3n) is 2.89. The van der Waals surface area contributed by atoms with Crippen LogP contribution in [0.2, 0.25) is 0 Å². The van der Waals surface area contributed by atoms with Crippen LogP contribution in [-0.4, -0.2) is 35.7 Å². The average Bonchev–Trinajstić information content (AvgIpc) is 2.38. The molecule has 1 aromatic carbocycles. The lowest BCUT2D eigenvalue weighted by Crippen LogP contribution is -2.30. The fourth-order valence-corrected chi connectivity index (χ4v) is 1.71. The van der Waals surface area contributed by atoms with Gasteiger partial charge in [0.25, 0.3) is 5.69 Å². The van der Waals surface area contributed by atoms with Gasteiger partial charge in [-0.2, -0.15) is 0 Å². The fraction of sp³-hybridized carbons (Fsp3) is 0.417. The summed E-state index contributed by atoms with van der Waals surface area (Å²) >= 11 is 0. The van der Waals surface area contributed by atoms with E-state index in [-0.39, 0.29) is 18.1 Å². The second-order valence-corrected chi connectivity index (χ2v) is 4.30. The van der Waals surface area contributed by atoms with E-state index in [0.29, 0.717) is 5.75 Å². The van der Waals surface area contributed by atoms with E-state index in [2.05, 4.69) is 17.1 Å². The van der Waals surface area contributed by atoms with Gasteiger partial charge in [0.1, 0.15) is 0 Å². The van der Waals surface area contributed by atoms with E-state index in [0.717, 1.165) is 31.6 Å². The molecule has 0 saturated carbocycles. The van der Waals surface area contributed by atoms with Crippen molar-refractivity contribution in [2.24, 2.45) is 5.16 Å². The van der Waals surface area contributed by atoms with Gasteiger partial charge in [0.15, 0.2) is 5.75 Å². The molecule has 1 saturated heterocycles. The van der Waals surface area contributed by atoms with Gasteiger partial charge in [0.2, 0.25) is 0 Å². The van der Waals surface area contributed by atoms with E-state index in [9.17, 15) is 10.1 Å². The molecule has 1 fully saturated rings. The molecular formula is C12H16ClN3O3. The lowest BCUT2D eigenvalue weighted by atomic mass is 10.1. The molecule has 1 aromatic rings. The Hall–Kier alpha value is -1.66. The lowest BCUT2D eigenvalue weighted by molar-refractivity contribution is -0.384. The molecule has 0 radical (unpaired) electrons. The number of nitro groups is 1. The van der Waals surface area contributed by atoms with E-state index in [4.69, 9.17) is 4.84 Å². The van der Waals surface area contributed by atoms with Crippen molar-refractivity contribution in [3.05, 3.63) is 34.4 Å². The summed E-state index contributed by atoms with van der Waals surface area (Å²) in [6, 6.07) is 5.92. The number of piperidine rings is 1. The number of non-ortho nitro benzene ring substituents is 1. The van der Waals surface area contributed by atoms with E-state index < -0.39 is 4.92 Å². The molecule has 0 bridgehead atoms. The summed E-state index contributed by atoms with van der Waals surface area (Å²) in [5.41, 5.74) is 1.08. The topological polar surface area (TPSA) is 68.0 Å². The molecule has 0 amide bonds. The van der Waals surface area contributed by atoms with Crippen molar-refractivity contribution in [3.63, 3.8) is 0 Å². The van der Waals surface area contributed by atoms with E-state index >= 15 is 0 Å². The van der Waals surface area contributed by atoms with Gasteiger partial charge in [-0.25, -0.2) is 0 Å². The smallest absolute Gasteiger partial charge is 0.269 e. The number of nitro benzene ring substituents is 1. The zero-order chi connectivity index (χ0) is 13.0. The highest BCUT2D eigenvalue weighted by Crippen LogP contribution is 2.18. The minimum absolute atomic E-state index is 0. The second-order valence-electron chi connectivity index (χ2n) is 4.30. The van der Waals surface area contributed by atoms with Crippen LogP contribution in [0.15, 0.2) is 29.4 Å².